The van der Waals surface area contributed by atoms with Crippen LogP contribution in [-0.2, 0) is 4.79 Å². The Morgan fingerprint density at radius 3 is 2.69 bits per heavy atom. The minimum Gasteiger partial charge on any atom is -0.494 e. The fourth-order valence-electron chi connectivity index (χ4n) is 5.12. The van der Waals surface area contributed by atoms with Gasteiger partial charge in [0.25, 0.3) is 0 Å². The number of anilines is 2. The molecule has 0 radical (unpaired) electrons. The third kappa shape index (κ3) is 4.27. The zero-order valence-corrected chi connectivity index (χ0v) is 21.4. The van der Waals surface area contributed by atoms with Crippen LogP contribution in [0.25, 0.3) is 0 Å². The SMILES string of the molecule is CCC(=O)Nc1ccc(N2C(=S)N[C@@H](c3ccccn3)[C@@H]2c2cc(C)n(C3CC3)c2C)cc1OC. The Morgan fingerprint density at radius 1 is 1.23 bits per heavy atom. The molecule has 5 rings (SSSR count). The summed E-state index contributed by atoms with van der Waals surface area (Å²) in [4.78, 5) is 18.8. The van der Waals surface area contributed by atoms with Gasteiger partial charge in [0.15, 0.2) is 5.11 Å². The molecule has 8 heteroatoms. The highest BCUT2D eigenvalue weighted by atomic mass is 32.1. The Morgan fingerprint density at radius 2 is 2.03 bits per heavy atom. The minimum atomic E-state index is -0.109. The van der Waals surface area contributed by atoms with E-state index in [0.29, 0.717) is 29.0 Å². The first-order chi connectivity index (χ1) is 16.9. The van der Waals surface area contributed by atoms with Crippen molar-refractivity contribution in [2.45, 2.75) is 58.2 Å². The van der Waals surface area contributed by atoms with Gasteiger partial charge in [0.05, 0.1) is 30.6 Å². The predicted molar refractivity (Wildman–Crippen MR) is 142 cm³/mol. The Labute approximate surface area is 211 Å². The topological polar surface area (TPSA) is 71.4 Å². The summed E-state index contributed by atoms with van der Waals surface area (Å²) in [6.45, 7) is 6.22. The normalized spacial score (nSPS) is 19.5. The van der Waals surface area contributed by atoms with E-state index in [1.54, 1.807) is 7.11 Å². The lowest BCUT2D eigenvalue weighted by atomic mass is 9.96. The van der Waals surface area contributed by atoms with E-state index in [2.05, 4.69) is 45.0 Å². The number of pyridine rings is 1. The molecular formula is C27H31N5O2S. The maximum absolute atomic E-state index is 12.0. The molecule has 0 unspecified atom stereocenters. The lowest BCUT2D eigenvalue weighted by Crippen LogP contribution is -2.29. The summed E-state index contributed by atoms with van der Waals surface area (Å²) >= 11 is 5.89. The van der Waals surface area contributed by atoms with Crippen LogP contribution in [-0.4, -0.2) is 27.7 Å². The number of carbonyl (C=O) groups is 1. The number of methoxy groups -OCH3 is 1. The van der Waals surface area contributed by atoms with Crippen LogP contribution in [0.2, 0.25) is 0 Å². The molecule has 182 valence electrons. The third-order valence-electron chi connectivity index (χ3n) is 6.91. The molecule has 1 saturated carbocycles. The first kappa shape index (κ1) is 23.4. The van der Waals surface area contributed by atoms with Gasteiger partial charge in [-0.15, -0.1) is 0 Å². The van der Waals surface area contributed by atoms with E-state index in [1.807, 2.05) is 49.5 Å². The van der Waals surface area contributed by atoms with Crippen molar-refractivity contribution in [3.8, 4) is 5.75 Å². The second-order valence-corrected chi connectivity index (χ2v) is 9.60. The van der Waals surface area contributed by atoms with Crippen LogP contribution < -0.4 is 20.3 Å². The van der Waals surface area contributed by atoms with Crippen molar-refractivity contribution in [3.05, 3.63) is 71.3 Å². The van der Waals surface area contributed by atoms with Gasteiger partial charge in [0.2, 0.25) is 5.91 Å². The van der Waals surface area contributed by atoms with Crippen molar-refractivity contribution in [2.24, 2.45) is 0 Å². The third-order valence-corrected chi connectivity index (χ3v) is 7.23. The zero-order valence-electron chi connectivity index (χ0n) is 20.5. The van der Waals surface area contributed by atoms with Gasteiger partial charge in [-0.1, -0.05) is 13.0 Å². The van der Waals surface area contributed by atoms with E-state index in [9.17, 15) is 4.79 Å². The molecule has 1 saturated heterocycles. The van der Waals surface area contributed by atoms with Crippen molar-refractivity contribution in [2.75, 3.05) is 17.3 Å². The second kappa shape index (κ2) is 9.34. The molecule has 3 aromatic rings. The number of nitrogens with zero attached hydrogens (tertiary/aromatic N) is 3. The predicted octanol–water partition coefficient (Wildman–Crippen LogP) is 5.37. The van der Waals surface area contributed by atoms with Crippen molar-refractivity contribution >= 4 is 34.6 Å². The van der Waals surface area contributed by atoms with Crippen molar-refractivity contribution < 1.29 is 9.53 Å². The smallest absolute Gasteiger partial charge is 0.224 e. The average molecular weight is 490 g/mol. The standard InChI is InChI=1S/C27H31N5O2S/c1-5-24(33)29-21-12-11-19(15-23(21)34-4)32-26(20-14-16(2)31(17(20)3)18-9-10-18)25(30-27(32)35)22-8-6-7-13-28-22/h6-8,11-15,18,25-26H,5,9-10H2,1-4H3,(H,29,33)(H,30,35)/t25-,26-/m0/s1. The van der Waals surface area contributed by atoms with E-state index in [-0.39, 0.29) is 18.0 Å². The lowest BCUT2D eigenvalue weighted by Gasteiger charge is -2.29. The van der Waals surface area contributed by atoms with Gasteiger partial charge >= 0.3 is 0 Å². The molecule has 1 aliphatic carbocycles. The Balaban J connectivity index is 1.61. The number of amides is 1. The molecular weight excluding hydrogens is 458 g/mol. The number of rotatable bonds is 7. The minimum absolute atomic E-state index is 0.0602. The summed E-state index contributed by atoms with van der Waals surface area (Å²) in [5, 5.41) is 7.08. The number of aromatic nitrogens is 2. The molecule has 2 aliphatic rings. The number of aryl methyl sites for hydroxylation is 1. The highest BCUT2D eigenvalue weighted by Crippen LogP contribution is 2.46. The Kier molecular flexibility index (Phi) is 6.23. The maximum atomic E-state index is 12.0. The van der Waals surface area contributed by atoms with E-state index in [4.69, 9.17) is 17.0 Å². The first-order valence-corrected chi connectivity index (χ1v) is 12.5. The van der Waals surface area contributed by atoms with Gasteiger partial charge in [0, 0.05) is 41.8 Å². The number of benzene rings is 1. The fraction of sp³-hybridized carbons (Fsp3) is 0.370. The Hall–Kier alpha value is -3.39. The first-order valence-electron chi connectivity index (χ1n) is 12.1. The van der Waals surface area contributed by atoms with E-state index < -0.39 is 0 Å². The van der Waals surface area contributed by atoms with Gasteiger partial charge < -0.3 is 24.8 Å². The molecule has 2 fully saturated rings. The quantitative estimate of drug-likeness (QED) is 0.435. The highest BCUT2D eigenvalue weighted by molar-refractivity contribution is 7.80. The van der Waals surface area contributed by atoms with E-state index >= 15 is 0 Å². The van der Waals surface area contributed by atoms with Crippen LogP contribution in [0, 0.1) is 13.8 Å². The van der Waals surface area contributed by atoms with Crippen LogP contribution in [0.15, 0.2) is 48.7 Å². The number of hydrogen-bond acceptors (Lipinski definition) is 4. The second-order valence-electron chi connectivity index (χ2n) is 9.21. The van der Waals surface area contributed by atoms with Crippen LogP contribution in [0.4, 0.5) is 11.4 Å². The highest BCUT2D eigenvalue weighted by Gasteiger charge is 2.43. The number of carbonyl (C=O) groups excluding carboxylic acids is 1. The molecule has 1 amide bonds. The summed E-state index contributed by atoms with van der Waals surface area (Å²) in [5.74, 6) is 0.533. The van der Waals surface area contributed by atoms with E-state index in [0.717, 1.165) is 11.4 Å². The van der Waals surface area contributed by atoms with Crippen molar-refractivity contribution in [1.29, 1.82) is 0 Å². The van der Waals surface area contributed by atoms with Crippen molar-refractivity contribution in [1.82, 2.24) is 14.9 Å². The van der Waals surface area contributed by atoms with Crippen LogP contribution in [0.5, 0.6) is 5.75 Å². The van der Waals surface area contributed by atoms with Gasteiger partial charge in [-0.2, -0.15) is 0 Å². The summed E-state index contributed by atoms with van der Waals surface area (Å²) in [6, 6.07) is 14.5. The molecule has 2 N–H and O–H groups in total. The summed E-state index contributed by atoms with van der Waals surface area (Å²) in [5.41, 5.74) is 6.26. The molecule has 3 heterocycles. The average Bonchev–Trinajstić information content (AvgIpc) is 3.58. The van der Waals surface area contributed by atoms with Crippen LogP contribution >= 0.6 is 12.2 Å². The monoisotopic (exact) mass is 489 g/mol. The molecule has 0 bridgehead atoms. The van der Waals surface area contributed by atoms with Gasteiger partial charge in [0.1, 0.15) is 5.75 Å². The maximum Gasteiger partial charge on any atom is 0.224 e. The molecule has 7 nitrogen and oxygen atoms in total. The fourth-order valence-corrected chi connectivity index (χ4v) is 5.46. The molecule has 1 aliphatic heterocycles. The number of thiocarbonyl (C=S) groups is 1. The summed E-state index contributed by atoms with van der Waals surface area (Å²) in [7, 11) is 1.61. The Bertz CT molecular complexity index is 1270. The molecule has 0 spiro atoms. The molecule has 2 atom stereocenters. The van der Waals surface area contributed by atoms with Crippen molar-refractivity contribution in [3.63, 3.8) is 0 Å². The van der Waals surface area contributed by atoms with Crippen LogP contribution in [0.3, 0.4) is 0 Å². The summed E-state index contributed by atoms with van der Waals surface area (Å²) in [6.07, 6.45) is 4.68. The number of hydrogen-bond donors (Lipinski definition) is 2. The lowest BCUT2D eigenvalue weighted by molar-refractivity contribution is -0.115. The van der Waals surface area contributed by atoms with Gasteiger partial charge in [-0.05, 0) is 74.8 Å². The molecule has 2 aromatic heterocycles. The zero-order chi connectivity index (χ0) is 24.7. The molecule has 1 aromatic carbocycles. The number of ether oxygens (including phenoxy) is 1. The summed E-state index contributed by atoms with van der Waals surface area (Å²) < 4.78 is 8.11. The van der Waals surface area contributed by atoms with E-state index in [1.165, 1.54) is 29.8 Å². The van der Waals surface area contributed by atoms with Crippen LogP contribution in [0.1, 0.15) is 67.0 Å². The largest absolute Gasteiger partial charge is 0.494 e. The molecule has 35 heavy (non-hydrogen) atoms. The van der Waals surface area contributed by atoms with Gasteiger partial charge in [-0.25, -0.2) is 0 Å². The number of nitrogens with one attached hydrogen (secondary N) is 2. The van der Waals surface area contributed by atoms with Gasteiger partial charge in [-0.3, -0.25) is 9.78 Å².